The van der Waals surface area contributed by atoms with E-state index in [4.69, 9.17) is 37.2 Å². The molecular weight excluding hydrogens is 1030 g/mol. The molecule has 3 aliphatic heterocycles. The molecule has 0 amide bonds. The minimum absolute atomic E-state index is 0.0667. The molecule has 11 nitrogen and oxygen atoms in total. The van der Waals surface area contributed by atoms with Gasteiger partial charge in [0.25, 0.3) is 0 Å². The molecule has 11 rings (SSSR count). The maximum Gasteiger partial charge on any atom is 0.468 e. The third kappa shape index (κ3) is 11.8. The fourth-order valence-electron chi connectivity index (χ4n) is 11.2. The topological polar surface area (TPSA) is 88.9 Å². The Morgan fingerprint density at radius 1 is 0.422 bits per heavy atom. The van der Waals surface area contributed by atoms with Gasteiger partial charge in [0.15, 0.2) is 0 Å². The second-order valence-electron chi connectivity index (χ2n) is 29.4. The van der Waals surface area contributed by atoms with Crippen LogP contribution in [0.25, 0.3) is 38.8 Å². The minimum atomic E-state index is -0.831. The Bertz CT molecular complexity index is 3590. The predicted molar refractivity (Wildman–Crippen MR) is 349 cm³/mol. The lowest BCUT2D eigenvalue weighted by Gasteiger charge is -2.43. The minimum Gasteiger partial charge on any atom is -0.457 e. The average molecular weight is 1110 g/mol. The van der Waals surface area contributed by atoms with Crippen molar-refractivity contribution in [2.24, 2.45) is 0 Å². The second kappa shape index (κ2) is 21.4. The van der Waals surface area contributed by atoms with Crippen molar-refractivity contribution in [2.75, 3.05) is 16.5 Å². The smallest absolute Gasteiger partial charge is 0.457 e. The SMILES string of the molecule is CC(C)(C)B1OB(c2cc(C(C)(C)C)cc(B3OB(C(C)(C)C)OB(C(C)(C)C)O3)c2N2CN(c3cccc(Oc4ccc5c6cc(-c7ccccc7)ccc6n(-c6cc(C(C)(C)C)ccn6)c5c4)c3)c3ccccc32)OB(C(C)(C)C)O1. The quantitative estimate of drug-likeness (QED) is 0.137. The Hall–Kier alpha value is -6.18. The van der Waals surface area contributed by atoms with Crippen LogP contribution in [0, 0.1) is 0 Å². The van der Waals surface area contributed by atoms with Crippen molar-refractivity contribution in [1.82, 2.24) is 9.55 Å². The first kappa shape index (κ1) is 58.6. The Balaban J connectivity index is 1.03. The molecule has 0 radical (unpaired) electrons. The monoisotopic (exact) mass is 1110 g/mol. The van der Waals surface area contributed by atoms with Gasteiger partial charge in [-0.3, -0.25) is 4.57 Å². The number of hydrogen-bond donors (Lipinski definition) is 0. The molecular formula is C66H80B6N4O7. The van der Waals surface area contributed by atoms with Gasteiger partial charge in [-0.1, -0.05) is 191 Å². The van der Waals surface area contributed by atoms with Crippen molar-refractivity contribution in [2.45, 2.75) is 157 Å². The van der Waals surface area contributed by atoms with Crippen LogP contribution in [0.15, 0.2) is 146 Å². The Labute approximate surface area is 495 Å². The number of hydrogen-bond acceptors (Lipinski definition) is 10. The summed E-state index contributed by atoms with van der Waals surface area (Å²) in [4.78, 5) is 9.71. The van der Waals surface area contributed by atoms with Crippen LogP contribution in [0.3, 0.4) is 0 Å². The average Bonchev–Trinajstić information content (AvgIpc) is 2.20. The lowest BCUT2D eigenvalue weighted by Crippen LogP contribution is -2.62. The highest BCUT2D eigenvalue weighted by Gasteiger charge is 2.55. The number of para-hydroxylation sites is 2. The first-order valence-electron chi connectivity index (χ1n) is 29.5. The van der Waals surface area contributed by atoms with Crippen molar-refractivity contribution in [3.63, 3.8) is 0 Å². The largest absolute Gasteiger partial charge is 0.468 e. The van der Waals surface area contributed by atoms with Crippen molar-refractivity contribution in [3.05, 3.63) is 157 Å². The van der Waals surface area contributed by atoms with Gasteiger partial charge >= 0.3 is 42.7 Å². The number of nitrogens with zero attached hydrogens (tertiary/aromatic N) is 4. The summed E-state index contributed by atoms with van der Waals surface area (Å²) in [5, 5.41) is 0.755. The lowest BCUT2D eigenvalue weighted by molar-refractivity contribution is 0.250. The fraction of sp³-hybridized carbons (Fsp3) is 0.379. The Kier molecular flexibility index (Phi) is 15.1. The highest BCUT2D eigenvalue weighted by Crippen LogP contribution is 2.47. The van der Waals surface area contributed by atoms with E-state index in [0.717, 1.165) is 72.4 Å². The van der Waals surface area contributed by atoms with Crippen LogP contribution in [0.2, 0.25) is 21.3 Å². The maximum atomic E-state index is 7.10. The van der Waals surface area contributed by atoms with E-state index in [2.05, 4.69) is 272 Å². The zero-order valence-electron chi connectivity index (χ0n) is 52.2. The van der Waals surface area contributed by atoms with Crippen LogP contribution in [0.1, 0.15) is 136 Å². The number of pyridine rings is 1. The molecule has 2 saturated heterocycles. The van der Waals surface area contributed by atoms with Gasteiger partial charge in [0.1, 0.15) is 24.0 Å². The van der Waals surface area contributed by atoms with E-state index >= 15 is 0 Å². The maximum absolute atomic E-state index is 7.10. The van der Waals surface area contributed by atoms with E-state index < -0.39 is 42.7 Å². The van der Waals surface area contributed by atoms with Crippen molar-refractivity contribution in [1.29, 1.82) is 0 Å². The van der Waals surface area contributed by atoms with Crippen LogP contribution in [-0.2, 0) is 38.3 Å². The summed E-state index contributed by atoms with van der Waals surface area (Å²) in [6, 6.07) is 49.5. The van der Waals surface area contributed by atoms with Gasteiger partial charge < -0.3 is 42.0 Å². The van der Waals surface area contributed by atoms with Gasteiger partial charge in [-0.2, -0.15) is 0 Å². The van der Waals surface area contributed by atoms with Crippen LogP contribution < -0.4 is 25.5 Å². The van der Waals surface area contributed by atoms with Crippen molar-refractivity contribution >= 4 is 98.2 Å². The van der Waals surface area contributed by atoms with E-state index in [9.17, 15) is 0 Å². The van der Waals surface area contributed by atoms with E-state index in [-0.39, 0.29) is 32.1 Å². The Morgan fingerprint density at radius 2 is 0.952 bits per heavy atom. The van der Waals surface area contributed by atoms with Gasteiger partial charge in [-0.15, -0.1) is 0 Å². The van der Waals surface area contributed by atoms with Crippen LogP contribution in [0.4, 0.5) is 22.7 Å². The molecule has 2 fully saturated rings. The number of benzene rings is 6. The predicted octanol–water partition coefficient (Wildman–Crippen LogP) is 16.2. The molecule has 0 bridgehead atoms. The summed E-state index contributed by atoms with van der Waals surface area (Å²) in [5.41, 5.74) is 11.9. The number of anilines is 4. The normalized spacial score (nSPS) is 16.0. The zero-order chi connectivity index (χ0) is 59.3. The van der Waals surface area contributed by atoms with Crippen molar-refractivity contribution < 1.29 is 32.2 Å². The van der Waals surface area contributed by atoms with Gasteiger partial charge in [-0.25, -0.2) is 4.98 Å². The van der Waals surface area contributed by atoms with E-state index in [1.807, 2.05) is 12.3 Å². The molecule has 5 heterocycles. The number of aromatic nitrogens is 2. The fourth-order valence-corrected chi connectivity index (χ4v) is 11.2. The Morgan fingerprint density at radius 3 is 1.49 bits per heavy atom. The van der Waals surface area contributed by atoms with Gasteiger partial charge in [-0.05, 0) is 115 Å². The molecule has 0 N–H and O–H groups in total. The van der Waals surface area contributed by atoms with Crippen LogP contribution in [0.5, 0.6) is 11.5 Å². The summed E-state index contributed by atoms with van der Waals surface area (Å²) >= 11 is 0. The number of rotatable bonds is 8. The summed E-state index contributed by atoms with van der Waals surface area (Å²) in [6.45, 7) is 39.7. The third-order valence-corrected chi connectivity index (χ3v) is 15.9. The highest BCUT2D eigenvalue weighted by molar-refractivity contribution is 6.84. The molecule has 0 unspecified atom stereocenters. The number of fused-ring (bicyclic) bond motifs is 4. The summed E-state index contributed by atoms with van der Waals surface area (Å²) < 4.78 is 51.1. The second-order valence-corrected chi connectivity index (χ2v) is 29.4. The first-order valence-corrected chi connectivity index (χ1v) is 29.5. The molecule has 0 saturated carbocycles. The summed E-state index contributed by atoms with van der Waals surface area (Å²) in [7, 11) is -3.98. The highest BCUT2D eigenvalue weighted by atomic mass is 16.7. The molecule has 0 aliphatic carbocycles. The van der Waals surface area contributed by atoms with Crippen LogP contribution >= 0.6 is 0 Å². The van der Waals surface area contributed by atoms with E-state index in [1.54, 1.807) is 0 Å². The van der Waals surface area contributed by atoms with Crippen molar-refractivity contribution in [3.8, 4) is 28.4 Å². The molecule has 83 heavy (non-hydrogen) atoms. The molecule has 424 valence electrons. The lowest BCUT2D eigenvalue weighted by atomic mass is 9.49. The standard InChI is InChI=1S/C66H80B6N4O7/c1-61(2,3)46-35-36-73-59(40-46)76-55-34-31-45(44-25-20-19-21-26-44)37-52(55)51-33-32-50(42-58(51)76)77-49-28-24-27-48(41-49)74-43-75(57-30-23-22-29-56(57)74)60-53(67-78-69(63(7,8)9)82-70(79-67)64(10,11)12)38-47(62(4,5)6)39-54(60)68-80-71(65(13,14)15)83-72(81-68)66(16,17)18/h19-42H,43H2,1-18H3. The number of ether oxygens (including phenoxy) is 1. The summed E-state index contributed by atoms with van der Waals surface area (Å²) in [5.74, 6) is 2.27. The van der Waals surface area contributed by atoms with Gasteiger partial charge in [0, 0.05) is 51.4 Å². The third-order valence-electron chi connectivity index (χ3n) is 15.9. The first-order chi connectivity index (χ1) is 38.9. The van der Waals surface area contributed by atoms with Crippen LogP contribution in [-0.4, -0.2) is 58.9 Å². The molecule has 8 aromatic rings. The molecule has 6 aromatic carbocycles. The van der Waals surface area contributed by atoms with E-state index in [1.165, 1.54) is 11.1 Å². The zero-order valence-corrected chi connectivity index (χ0v) is 52.2. The molecule has 17 heteroatoms. The van der Waals surface area contributed by atoms with E-state index in [0.29, 0.717) is 18.2 Å². The molecule has 3 aliphatic rings. The molecule has 0 atom stereocenters. The molecule has 0 spiro atoms. The molecule has 2 aromatic heterocycles. The van der Waals surface area contributed by atoms with Gasteiger partial charge in [0.05, 0.1) is 22.4 Å². The summed E-state index contributed by atoms with van der Waals surface area (Å²) in [6.07, 6.45) is 1.92. The van der Waals surface area contributed by atoms with Gasteiger partial charge in [0.2, 0.25) is 0 Å².